The van der Waals surface area contributed by atoms with E-state index in [9.17, 15) is 14.8 Å². The summed E-state index contributed by atoms with van der Waals surface area (Å²) in [6.45, 7) is 0. The molecule has 7 heteroatoms. The quantitative estimate of drug-likeness (QED) is 0.673. The predicted octanol–water partition coefficient (Wildman–Crippen LogP) is 3.02. The van der Waals surface area contributed by atoms with Gasteiger partial charge in [0.25, 0.3) is 0 Å². The molecule has 2 aromatic carbocycles. The van der Waals surface area contributed by atoms with Crippen LogP contribution in [0.4, 0.5) is 0 Å². The summed E-state index contributed by atoms with van der Waals surface area (Å²) >= 11 is 5.83. The minimum Gasteiger partial charge on any atom is -0.507 e. The van der Waals surface area contributed by atoms with E-state index < -0.39 is 7.60 Å². The molecule has 0 amide bonds. The number of aromatic hydroxyl groups is 2. The van der Waals surface area contributed by atoms with Crippen molar-refractivity contribution in [3.8, 4) is 11.5 Å². The van der Waals surface area contributed by atoms with Crippen LogP contribution in [0.1, 0.15) is 0 Å². The van der Waals surface area contributed by atoms with E-state index >= 15 is 0 Å². The van der Waals surface area contributed by atoms with Crippen LogP contribution in [-0.4, -0.2) is 24.4 Å². The van der Waals surface area contributed by atoms with E-state index in [1.54, 1.807) is 6.07 Å². The highest BCUT2D eigenvalue weighted by Gasteiger charge is 2.30. The Morgan fingerprint density at radius 3 is 2.32 bits per heavy atom. The van der Waals surface area contributed by atoms with Crippen molar-refractivity contribution in [2.75, 3.05) is 14.2 Å². The summed E-state index contributed by atoms with van der Waals surface area (Å²) in [7, 11) is -1.25. The van der Waals surface area contributed by atoms with Gasteiger partial charge in [-0.1, -0.05) is 11.6 Å². The first-order chi connectivity index (χ1) is 8.92. The van der Waals surface area contributed by atoms with Crippen molar-refractivity contribution in [2.45, 2.75) is 0 Å². The van der Waals surface area contributed by atoms with Crippen LogP contribution < -0.4 is 5.30 Å². The van der Waals surface area contributed by atoms with Gasteiger partial charge in [0, 0.05) is 30.0 Å². The third-order valence-corrected chi connectivity index (χ3v) is 4.93. The first-order valence-electron chi connectivity index (χ1n) is 5.29. The smallest absolute Gasteiger partial charge is 0.364 e. The van der Waals surface area contributed by atoms with Crippen LogP contribution in [0.5, 0.6) is 11.5 Å². The third kappa shape index (κ3) is 2.30. The van der Waals surface area contributed by atoms with Crippen molar-refractivity contribution in [3.05, 3.63) is 29.3 Å². The van der Waals surface area contributed by atoms with Crippen molar-refractivity contribution in [2.24, 2.45) is 0 Å². The normalized spacial score (nSPS) is 11.9. The molecule has 0 unspecified atom stereocenters. The van der Waals surface area contributed by atoms with Gasteiger partial charge in [-0.05, 0) is 24.3 Å². The molecule has 0 spiro atoms. The number of hydrogen-bond acceptors (Lipinski definition) is 5. The van der Waals surface area contributed by atoms with Crippen molar-refractivity contribution in [1.29, 1.82) is 0 Å². The van der Waals surface area contributed by atoms with Crippen LogP contribution in [0.15, 0.2) is 24.3 Å². The van der Waals surface area contributed by atoms with Gasteiger partial charge in [0.15, 0.2) is 0 Å². The van der Waals surface area contributed by atoms with Crippen molar-refractivity contribution in [3.63, 3.8) is 0 Å². The Balaban J connectivity index is 2.83. The fourth-order valence-electron chi connectivity index (χ4n) is 1.83. The lowest BCUT2D eigenvalue weighted by molar-refractivity contribution is 0.286. The van der Waals surface area contributed by atoms with Crippen LogP contribution in [0.3, 0.4) is 0 Å². The van der Waals surface area contributed by atoms with E-state index in [-0.39, 0.29) is 16.8 Å². The Morgan fingerprint density at radius 1 is 1.11 bits per heavy atom. The predicted molar refractivity (Wildman–Crippen MR) is 73.5 cm³/mol. The molecule has 5 nitrogen and oxygen atoms in total. The van der Waals surface area contributed by atoms with Crippen molar-refractivity contribution >= 4 is 35.3 Å². The van der Waals surface area contributed by atoms with Gasteiger partial charge in [0.1, 0.15) is 16.8 Å². The van der Waals surface area contributed by atoms with E-state index in [0.717, 1.165) is 6.07 Å². The van der Waals surface area contributed by atoms with Crippen molar-refractivity contribution < 1.29 is 23.8 Å². The minimum atomic E-state index is -3.66. The van der Waals surface area contributed by atoms with Gasteiger partial charge < -0.3 is 19.3 Å². The maximum Gasteiger partial charge on any atom is 0.364 e. The van der Waals surface area contributed by atoms with Gasteiger partial charge >= 0.3 is 7.60 Å². The van der Waals surface area contributed by atoms with Gasteiger partial charge in [-0.15, -0.1) is 0 Å². The average Bonchev–Trinajstić information content (AvgIpc) is 2.42. The fourth-order valence-corrected chi connectivity index (χ4v) is 3.20. The summed E-state index contributed by atoms with van der Waals surface area (Å²) in [6.07, 6.45) is 0. The van der Waals surface area contributed by atoms with Crippen LogP contribution in [-0.2, 0) is 13.6 Å². The number of hydrogen-bond donors (Lipinski definition) is 2. The summed E-state index contributed by atoms with van der Waals surface area (Å²) in [5, 5.41) is 21.1. The van der Waals surface area contributed by atoms with Crippen LogP contribution in [0, 0.1) is 0 Å². The zero-order valence-corrected chi connectivity index (χ0v) is 11.9. The largest absolute Gasteiger partial charge is 0.507 e. The molecule has 19 heavy (non-hydrogen) atoms. The second kappa shape index (κ2) is 5.02. The standard InChI is InChI=1S/C12H12ClO5P/c1-17-19(16,18-2)11-6-10(14)9-5-7(13)3-4-8(9)12(11)15/h3-6,14-15H,1-2H3. The molecular formula is C12H12ClO5P. The molecule has 0 heterocycles. The molecule has 2 aromatic rings. The Hall–Kier alpha value is -1.26. The minimum absolute atomic E-state index is 0.0928. The average molecular weight is 303 g/mol. The molecule has 2 rings (SSSR count). The Bertz CT molecular complexity index is 677. The second-order valence-electron chi connectivity index (χ2n) is 3.82. The lowest BCUT2D eigenvalue weighted by Crippen LogP contribution is -2.08. The molecule has 0 aliphatic rings. The van der Waals surface area contributed by atoms with Crippen LogP contribution >= 0.6 is 19.2 Å². The van der Waals surface area contributed by atoms with Gasteiger partial charge in [-0.2, -0.15) is 0 Å². The zero-order chi connectivity index (χ0) is 14.2. The van der Waals surface area contributed by atoms with E-state index in [1.165, 1.54) is 26.4 Å². The van der Waals surface area contributed by atoms with Crippen molar-refractivity contribution in [1.82, 2.24) is 0 Å². The summed E-state index contributed by atoms with van der Waals surface area (Å²) < 4.78 is 21.9. The molecule has 102 valence electrons. The van der Waals surface area contributed by atoms with Gasteiger partial charge in [0.2, 0.25) is 0 Å². The number of fused-ring (bicyclic) bond motifs is 1. The monoisotopic (exact) mass is 302 g/mol. The summed E-state index contributed by atoms with van der Waals surface area (Å²) in [6, 6.07) is 5.73. The maximum absolute atomic E-state index is 12.3. The fraction of sp³-hybridized carbons (Fsp3) is 0.167. The highest BCUT2D eigenvalue weighted by molar-refractivity contribution is 7.62. The van der Waals surface area contributed by atoms with Gasteiger partial charge in [-0.25, -0.2) is 0 Å². The molecule has 0 aliphatic heterocycles. The Labute approximate surface area is 114 Å². The molecule has 0 saturated heterocycles. The summed E-state index contributed by atoms with van der Waals surface area (Å²) in [5.41, 5.74) is 0. The second-order valence-corrected chi connectivity index (χ2v) is 6.46. The molecule has 0 aliphatic carbocycles. The zero-order valence-electron chi connectivity index (χ0n) is 10.3. The summed E-state index contributed by atoms with van der Waals surface area (Å²) in [4.78, 5) is 0. The lowest BCUT2D eigenvalue weighted by Gasteiger charge is -2.17. The number of phenolic OH excluding ortho intramolecular Hbond substituents is 2. The summed E-state index contributed by atoms with van der Waals surface area (Å²) in [5.74, 6) is -0.434. The molecule has 2 N–H and O–H groups in total. The molecule has 0 saturated carbocycles. The van der Waals surface area contributed by atoms with E-state index in [1.807, 2.05) is 0 Å². The first kappa shape index (κ1) is 14.2. The van der Waals surface area contributed by atoms with Gasteiger partial charge in [-0.3, -0.25) is 4.57 Å². The third-order valence-electron chi connectivity index (χ3n) is 2.80. The molecule has 0 bridgehead atoms. The molecule has 0 atom stereocenters. The van der Waals surface area contributed by atoms with Crippen LogP contribution in [0.2, 0.25) is 5.02 Å². The first-order valence-corrected chi connectivity index (χ1v) is 7.21. The Morgan fingerprint density at radius 2 is 1.74 bits per heavy atom. The van der Waals surface area contributed by atoms with E-state index in [0.29, 0.717) is 15.8 Å². The van der Waals surface area contributed by atoms with Crippen LogP contribution in [0.25, 0.3) is 10.8 Å². The Kier molecular flexibility index (Phi) is 3.74. The van der Waals surface area contributed by atoms with Gasteiger partial charge in [0.05, 0.1) is 0 Å². The number of halogens is 1. The molecule has 0 radical (unpaired) electrons. The number of phenols is 2. The molecule has 0 fully saturated rings. The maximum atomic E-state index is 12.3. The number of benzene rings is 2. The number of rotatable bonds is 3. The lowest BCUT2D eigenvalue weighted by atomic mass is 10.1. The molecular weight excluding hydrogens is 291 g/mol. The SMILES string of the molecule is COP(=O)(OC)c1cc(O)c2cc(Cl)ccc2c1O. The topological polar surface area (TPSA) is 76.0 Å². The highest BCUT2D eigenvalue weighted by Crippen LogP contribution is 2.50. The van der Waals surface area contributed by atoms with E-state index in [2.05, 4.69) is 0 Å². The molecule has 0 aromatic heterocycles. The highest BCUT2D eigenvalue weighted by atomic mass is 35.5. The van der Waals surface area contributed by atoms with E-state index in [4.69, 9.17) is 20.6 Å².